The molecule has 1 aromatic carbocycles. The molecular weight excluding hydrogens is 246 g/mol. The van der Waals surface area contributed by atoms with Crippen LogP contribution in [0.25, 0.3) is 0 Å². The zero-order chi connectivity index (χ0) is 13.8. The number of nitrogens with one attached hydrogen (secondary N) is 1. The number of hydrogen-bond acceptors (Lipinski definition) is 5. The summed E-state index contributed by atoms with van der Waals surface area (Å²) < 4.78 is 0. The third kappa shape index (κ3) is 2.74. The maximum absolute atomic E-state index is 10.9. The number of nitro benzene ring substituents is 1. The van der Waals surface area contributed by atoms with Gasteiger partial charge in [-0.3, -0.25) is 14.9 Å². The van der Waals surface area contributed by atoms with E-state index in [1.807, 2.05) is 0 Å². The summed E-state index contributed by atoms with van der Waals surface area (Å²) >= 11 is 0. The van der Waals surface area contributed by atoms with Gasteiger partial charge in [-0.05, 0) is 30.7 Å². The molecule has 0 saturated heterocycles. The maximum atomic E-state index is 10.9. The minimum Gasteiger partial charge on any atom is -0.339 e. The molecule has 0 aliphatic heterocycles. The molecule has 19 heavy (non-hydrogen) atoms. The lowest BCUT2D eigenvalue weighted by atomic mass is 10.1. The first-order chi connectivity index (χ1) is 9.11. The zero-order valence-corrected chi connectivity index (χ0v) is 10.2. The van der Waals surface area contributed by atoms with E-state index in [1.54, 1.807) is 31.3 Å². The van der Waals surface area contributed by atoms with Gasteiger partial charge in [-0.15, -0.1) is 0 Å². The number of carbonyl (C=O) groups is 1. The Morgan fingerprint density at radius 2 is 2.16 bits per heavy atom. The molecule has 0 aliphatic carbocycles. The normalized spacial score (nSPS) is 9.95. The van der Waals surface area contributed by atoms with Gasteiger partial charge < -0.3 is 5.32 Å². The number of aryl methyl sites for hydroxylation is 1. The second-order valence-electron chi connectivity index (χ2n) is 3.94. The van der Waals surface area contributed by atoms with Crippen molar-refractivity contribution in [1.82, 2.24) is 4.98 Å². The quantitative estimate of drug-likeness (QED) is 0.517. The Balaban J connectivity index is 2.33. The van der Waals surface area contributed by atoms with Crippen LogP contribution in [-0.4, -0.2) is 16.2 Å². The average molecular weight is 257 g/mol. The highest BCUT2D eigenvalue weighted by Gasteiger charge is 2.09. The standard InChI is InChI=1S/C13H11N3O3/c1-9-7-11(16(18)19)4-5-12(9)15-13-10(8-17)3-2-6-14-13/h2-8H,1H3,(H,14,15). The number of benzene rings is 1. The lowest BCUT2D eigenvalue weighted by molar-refractivity contribution is -0.384. The molecule has 0 atom stereocenters. The highest BCUT2D eigenvalue weighted by Crippen LogP contribution is 2.24. The number of pyridine rings is 1. The number of carbonyl (C=O) groups excluding carboxylic acids is 1. The second-order valence-corrected chi connectivity index (χ2v) is 3.94. The van der Waals surface area contributed by atoms with Crippen molar-refractivity contribution in [1.29, 1.82) is 0 Å². The van der Waals surface area contributed by atoms with Crippen molar-refractivity contribution < 1.29 is 9.72 Å². The molecule has 1 N–H and O–H groups in total. The van der Waals surface area contributed by atoms with Crippen molar-refractivity contribution >= 4 is 23.5 Å². The first-order valence-electron chi connectivity index (χ1n) is 5.54. The zero-order valence-electron chi connectivity index (χ0n) is 10.2. The molecule has 2 rings (SSSR count). The summed E-state index contributed by atoms with van der Waals surface area (Å²) in [5.74, 6) is 0.425. The molecule has 2 aromatic rings. The molecule has 0 bridgehead atoms. The Hall–Kier alpha value is -2.76. The molecule has 1 heterocycles. The minimum absolute atomic E-state index is 0.0275. The van der Waals surface area contributed by atoms with Gasteiger partial charge in [-0.25, -0.2) is 4.98 Å². The minimum atomic E-state index is -0.450. The number of non-ortho nitro benzene ring substituents is 1. The van der Waals surface area contributed by atoms with Gasteiger partial charge >= 0.3 is 0 Å². The van der Waals surface area contributed by atoms with E-state index in [4.69, 9.17) is 0 Å². The molecule has 1 aromatic heterocycles. The van der Waals surface area contributed by atoms with Crippen LogP contribution >= 0.6 is 0 Å². The summed E-state index contributed by atoms with van der Waals surface area (Å²) in [5, 5.41) is 13.6. The molecule has 0 spiro atoms. The van der Waals surface area contributed by atoms with Gasteiger partial charge in [-0.2, -0.15) is 0 Å². The molecule has 0 radical (unpaired) electrons. The van der Waals surface area contributed by atoms with Gasteiger partial charge in [0.25, 0.3) is 5.69 Å². The fraction of sp³-hybridized carbons (Fsp3) is 0.0769. The first-order valence-corrected chi connectivity index (χ1v) is 5.54. The number of aromatic nitrogens is 1. The van der Waals surface area contributed by atoms with Gasteiger partial charge in [-0.1, -0.05) is 0 Å². The van der Waals surface area contributed by atoms with Crippen LogP contribution in [0.5, 0.6) is 0 Å². The van der Waals surface area contributed by atoms with Gasteiger partial charge in [0, 0.05) is 24.0 Å². The Morgan fingerprint density at radius 3 is 2.79 bits per heavy atom. The van der Waals surface area contributed by atoms with Crippen LogP contribution in [0, 0.1) is 17.0 Å². The van der Waals surface area contributed by atoms with Gasteiger partial charge in [0.15, 0.2) is 6.29 Å². The maximum Gasteiger partial charge on any atom is 0.269 e. The fourth-order valence-electron chi connectivity index (χ4n) is 1.65. The van der Waals surface area contributed by atoms with Gasteiger partial charge in [0.1, 0.15) is 5.82 Å². The van der Waals surface area contributed by atoms with Crippen molar-refractivity contribution in [3.05, 3.63) is 57.8 Å². The topological polar surface area (TPSA) is 85.1 Å². The number of nitro groups is 1. The van der Waals surface area contributed by atoms with Gasteiger partial charge in [0.05, 0.1) is 10.5 Å². The third-order valence-corrected chi connectivity index (χ3v) is 2.64. The smallest absolute Gasteiger partial charge is 0.269 e. The third-order valence-electron chi connectivity index (χ3n) is 2.64. The monoisotopic (exact) mass is 257 g/mol. The fourth-order valence-corrected chi connectivity index (χ4v) is 1.65. The van der Waals surface area contributed by atoms with Crippen LogP contribution in [0.15, 0.2) is 36.5 Å². The number of hydrogen-bond donors (Lipinski definition) is 1. The summed E-state index contributed by atoms with van der Waals surface area (Å²) in [6.07, 6.45) is 2.27. The van der Waals surface area contributed by atoms with E-state index < -0.39 is 4.92 Å². The highest BCUT2D eigenvalue weighted by atomic mass is 16.6. The number of anilines is 2. The molecule has 96 valence electrons. The Labute approximate surface area is 109 Å². The molecule has 0 amide bonds. The van der Waals surface area contributed by atoms with Crippen LogP contribution in [0.4, 0.5) is 17.2 Å². The van der Waals surface area contributed by atoms with E-state index in [-0.39, 0.29) is 5.69 Å². The SMILES string of the molecule is Cc1cc([N+](=O)[O-])ccc1Nc1ncccc1C=O. The predicted octanol–water partition coefficient (Wildman–Crippen LogP) is 2.85. The molecule has 0 aliphatic rings. The lowest BCUT2D eigenvalue weighted by Crippen LogP contribution is -2.00. The highest BCUT2D eigenvalue weighted by molar-refractivity contribution is 5.84. The van der Waals surface area contributed by atoms with Crippen LogP contribution < -0.4 is 5.32 Å². The number of aldehydes is 1. The van der Waals surface area contributed by atoms with E-state index in [0.717, 1.165) is 0 Å². The van der Waals surface area contributed by atoms with Crippen LogP contribution in [0.3, 0.4) is 0 Å². The molecule has 0 unspecified atom stereocenters. The van der Waals surface area contributed by atoms with Crippen molar-refractivity contribution in [3.63, 3.8) is 0 Å². The molecular formula is C13H11N3O3. The molecule has 0 saturated carbocycles. The largest absolute Gasteiger partial charge is 0.339 e. The lowest BCUT2D eigenvalue weighted by Gasteiger charge is -2.09. The molecule has 0 fully saturated rings. The summed E-state index contributed by atoms with van der Waals surface area (Å²) in [6.45, 7) is 1.75. The van der Waals surface area contributed by atoms with Crippen LogP contribution in [-0.2, 0) is 0 Å². The summed E-state index contributed by atoms with van der Waals surface area (Å²) in [6, 6.07) is 7.77. The van der Waals surface area contributed by atoms with Gasteiger partial charge in [0.2, 0.25) is 0 Å². The summed E-state index contributed by atoms with van der Waals surface area (Å²) in [4.78, 5) is 25.1. The van der Waals surface area contributed by atoms with Crippen LogP contribution in [0.2, 0.25) is 0 Å². The van der Waals surface area contributed by atoms with E-state index >= 15 is 0 Å². The second kappa shape index (κ2) is 5.26. The Bertz CT molecular complexity index is 641. The molecule has 6 heteroatoms. The molecule has 6 nitrogen and oxygen atoms in total. The first kappa shape index (κ1) is 12.7. The number of rotatable bonds is 4. The van der Waals surface area contributed by atoms with Crippen molar-refractivity contribution in [2.45, 2.75) is 6.92 Å². The van der Waals surface area contributed by atoms with E-state index in [0.29, 0.717) is 28.9 Å². The van der Waals surface area contributed by atoms with Crippen molar-refractivity contribution in [3.8, 4) is 0 Å². The average Bonchev–Trinajstić information content (AvgIpc) is 2.41. The number of nitrogens with zero attached hydrogens (tertiary/aromatic N) is 2. The van der Waals surface area contributed by atoms with E-state index in [2.05, 4.69) is 10.3 Å². The Kier molecular flexibility index (Phi) is 3.51. The van der Waals surface area contributed by atoms with Crippen molar-refractivity contribution in [2.24, 2.45) is 0 Å². The van der Waals surface area contributed by atoms with Crippen LogP contribution in [0.1, 0.15) is 15.9 Å². The van der Waals surface area contributed by atoms with E-state index in [1.165, 1.54) is 12.1 Å². The predicted molar refractivity (Wildman–Crippen MR) is 70.7 cm³/mol. The van der Waals surface area contributed by atoms with Crippen molar-refractivity contribution in [2.75, 3.05) is 5.32 Å². The summed E-state index contributed by atoms with van der Waals surface area (Å²) in [5.41, 5.74) is 1.84. The Morgan fingerprint density at radius 1 is 1.37 bits per heavy atom. The summed E-state index contributed by atoms with van der Waals surface area (Å²) in [7, 11) is 0. The van der Waals surface area contributed by atoms with E-state index in [9.17, 15) is 14.9 Å².